The van der Waals surface area contributed by atoms with Crippen molar-refractivity contribution in [2.24, 2.45) is 0 Å². The van der Waals surface area contributed by atoms with Crippen LogP contribution in [0.25, 0.3) is 0 Å². The van der Waals surface area contributed by atoms with Gasteiger partial charge in [0.1, 0.15) is 5.54 Å². The number of nitrogens with zero attached hydrogens (tertiary/aromatic N) is 2. The van der Waals surface area contributed by atoms with Crippen molar-refractivity contribution in [2.75, 3.05) is 6.54 Å². The quantitative estimate of drug-likeness (QED) is 0.868. The Labute approximate surface area is 120 Å². The number of hydrogen-bond donors (Lipinski definition) is 1. The predicted molar refractivity (Wildman–Crippen MR) is 78.6 cm³/mol. The van der Waals surface area contributed by atoms with E-state index in [-0.39, 0.29) is 6.04 Å². The zero-order valence-electron chi connectivity index (χ0n) is 12.4. The molecule has 2 heterocycles. The molecule has 0 amide bonds. The van der Waals surface area contributed by atoms with Gasteiger partial charge in [-0.2, -0.15) is 0 Å². The molecule has 1 aromatic rings. The van der Waals surface area contributed by atoms with E-state index in [4.69, 9.17) is 0 Å². The molecule has 1 saturated heterocycles. The maximum Gasteiger partial charge on any atom is 0.324 e. The first-order valence-electron chi connectivity index (χ1n) is 7.46. The summed E-state index contributed by atoms with van der Waals surface area (Å²) in [6, 6.07) is 6.16. The van der Waals surface area contributed by atoms with Gasteiger partial charge in [-0.15, -0.1) is 0 Å². The average molecular weight is 276 g/mol. The summed E-state index contributed by atoms with van der Waals surface area (Å²) < 4.78 is 0. The van der Waals surface area contributed by atoms with Gasteiger partial charge in [0.25, 0.3) is 0 Å². The minimum Gasteiger partial charge on any atom is -0.480 e. The Bertz CT molecular complexity index is 447. The molecule has 110 valence electrons. The minimum absolute atomic E-state index is 0.281. The molecule has 1 N–H and O–H groups in total. The molecule has 1 fully saturated rings. The fraction of sp³-hybridized carbons (Fsp3) is 0.625. The number of likely N-dealkylation sites (tertiary alicyclic amines) is 1. The van der Waals surface area contributed by atoms with E-state index in [0.717, 1.165) is 37.9 Å². The molecule has 0 spiro atoms. The number of hydrogen-bond acceptors (Lipinski definition) is 3. The molecule has 0 bridgehead atoms. The Balaban J connectivity index is 2.01. The van der Waals surface area contributed by atoms with Crippen molar-refractivity contribution in [2.45, 2.75) is 57.5 Å². The van der Waals surface area contributed by atoms with Gasteiger partial charge in [-0.25, -0.2) is 0 Å². The van der Waals surface area contributed by atoms with E-state index in [1.807, 2.05) is 18.2 Å². The lowest BCUT2D eigenvalue weighted by Crippen LogP contribution is -2.53. The van der Waals surface area contributed by atoms with Crippen molar-refractivity contribution in [3.63, 3.8) is 0 Å². The van der Waals surface area contributed by atoms with Gasteiger partial charge in [-0.3, -0.25) is 14.7 Å². The molecule has 1 aliphatic heterocycles. The first-order valence-corrected chi connectivity index (χ1v) is 7.46. The Morgan fingerprint density at radius 2 is 2.30 bits per heavy atom. The van der Waals surface area contributed by atoms with Crippen LogP contribution in [0.15, 0.2) is 24.4 Å². The van der Waals surface area contributed by atoms with E-state index in [1.54, 1.807) is 6.20 Å². The van der Waals surface area contributed by atoms with Crippen LogP contribution < -0.4 is 0 Å². The maximum atomic E-state index is 11.8. The molecule has 4 heteroatoms. The highest BCUT2D eigenvalue weighted by molar-refractivity contribution is 5.79. The number of aromatic nitrogens is 1. The molecule has 0 saturated carbocycles. The summed E-state index contributed by atoms with van der Waals surface area (Å²) in [5.41, 5.74) is 0.380. The van der Waals surface area contributed by atoms with E-state index in [1.165, 1.54) is 0 Å². The summed E-state index contributed by atoms with van der Waals surface area (Å²) in [5.74, 6) is -0.662. The fourth-order valence-electron chi connectivity index (χ4n) is 3.37. The summed E-state index contributed by atoms with van der Waals surface area (Å²) in [7, 11) is 0. The van der Waals surface area contributed by atoms with Crippen LogP contribution in [0.4, 0.5) is 0 Å². The van der Waals surface area contributed by atoms with Crippen molar-refractivity contribution >= 4 is 5.97 Å². The molecule has 1 atom stereocenters. The lowest BCUT2D eigenvalue weighted by Gasteiger charge is -2.37. The number of aryl methyl sites for hydroxylation is 1. The van der Waals surface area contributed by atoms with Gasteiger partial charge >= 0.3 is 5.97 Å². The third-order valence-electron chi connectivity index (χ3n) is 4.31. The van der Waals surface area contributed by atoms with Gasteiger partial charge in [0.05, 0.1) is 0 Å². The number of carboxylic acid groups (broad SMARTS) is 1. The van der Waals surface area contributed by atoms with E-state index in [2.05, 4.69) is 23.7 Å². The normalized spacial score (nSPS) is 23.4. The van der Waals surface area contributed by atoms with Crippen LogP contribution in [0.3, 0.4) is 0 Å². The fourth-order valence-corrected chi connectivity index (χ4v) is 3.37. The summed E-state index contributed by atoms with van der Waals surface area (Å²) in [5, 5.41) is 9.72. The second-order valence-electron chi connectivity index (χ2n) is 5.90. The predicted octanol–water partition coefficient (Wildman–Crippen LogP) is 2.73. The third kappa shape index (κ3) is 3.01. The minimum atomic E-state index is -0.664. The molecule has 4 nitrogen and oxygen atoms in total. The molecule has 20 heavy (non-hydrogen) atoms. The molecule has 0 unspecified atom stereocenters. The Morgan fingerprint density at radius 1 is 1.50 bits per heavy atom. The van der Waals surface area contributed by atoms with Crippen LogP contribution in [-0.2, 0) is 11.2 Å². The summed E-state index contributed by atoms with van der Waals surface area (Å²) in [6.45, 7) is 5.07. The first-order chi connectivity index (χ1) is 9.56. The van der Waals surface area contributed by atoms with E-state index in [9.17, 15) is 9.90 Å². The van der Waals surface area contributed by atoms with Crippen molar-refractivity contribution in [1.82, 2.24) is 9.88 Å². The molecule has 0 aliphatic carbocycles. The molecule has 0 radical (unpaired) electrons. The van der Waals surface area contributed by atoms with Gasteiger partial charge in [0, 0.05) is 17.9 Å². The van der Waals surface area contributed by atoms with Crippen molar-refractivity contribution < 1.29 is 9.90 Å². The first kappa shape index (κ1) is 15.0. The van der Waals surface area contributed by atoms with Crippen molar-refractivity contribution in [3.05, 3.63) is 30.1 Å². The lowest BCUT2D eigenvalue weighted by atomic mass is 9.88. The summed E-state index contributed by atoms with van der Waals surface area (Å²) >= 11 is 0. The zero-order chi connectivity index (χ0) is 14.6. The van der Waals surface area contributed by atoms with Crippen LogP contribution in [0.5, 0.6) is 0 Å². The van der Waals surface area contributed by atoms with Crippen molar-refractivity contribution in [1.29, 1.82) is 0 Å². The second kappa shape index (κ2) is 6.35. The van der Waals surface area contributed by atoms with Crippen LogP contribution in [0.2, 0.25) is 0 Å². The Hall–Kier alpha value is -1.42. The number of carboxylic acids is 1. The number of pyridine rings is 1. The average Bonchev–Trinajstić information content (AvgIpc) is 2.85. The van der Waals surface area contributed by atoms with Crippen molar-refractivity contribution in [3.8, 4) is 0 Å². The number of carbonyl (C=O) groups is 1. The van der Waals surface area contributed by atoms with Gasteiger partial charge in [-0.1, -0.05) is 6.07 Å². The zero-order valence-corrected chi connectivity index (χ0v) is 12.4. The van der Waals surface area contributed by atoms with Crippen LogP contribution in [-0.4, -0.2) is 39.1 Å². The van der Waals surface area contributed by atoms with Crippen LogP contribution in [0.1, 0.15) is 45.2 Å². The molecule has 1 aromatic heterocycles. The van der Waals surface area contributed by atoms with Gasteiger partial charge in [0.15, 0.2) is 0 Å². The maximum absolute atomic E-state index is 11.8. The molecular formula is C16H24N2O2. The van der Waals surface area contributed by atoms with E-state index in [0.29, 0.717) is 6.42 Å². The monoisotopic (exact) mass is 276 g/mol. The van der Waals surface area contributed by atoms with Crippen LogP contribution >= 0.6 is 0 Å². The second-order valence-corrected chi connectivity index (χ2v) is 5.90. The van der Waals surface area contributed by atoms with Gasteiger partial charge in [0.2, 0.25) is 0 Å². The highest BCUT2D eigenvalue weighted by Crippen LogP contribution is 2.35. The van der Waals surface area contributed by atoms with Gasteiger partial charge in [-0.05, 0) is 64.6 Å². The Kier molecular flexibility index (Phi) is 4.76. The number of aliphatic carboxylic acids is 1. The highest BCUT2D eigenvalue weighted by atomic mass is 16.4. The smallest absolute Gasteiger partial charge is 0.324 e. The largest absolute Gasteiger partial charge is 0.480 e. The number of rotatable bonds is 6. The molecular weight excluding hydrogens is 252 g/mol. The summed E-state index contributed by atoms with van der Waals surface area (Å²) in [4.78, 5) is 18.3. The highest BCUT2D eigenvalue weighted by Gasteiger charge is 2.47. The molecule has 1 aliphatic rings. The van der Waals surface area contributed by atoms with E-state index >= 15 is 0 Å². The van der Waals surface area contributed by atoms with Crippen LogP contribution in [0, 0.1) is 0 Å². The molecule has 2 rings (SSSR count). The summed E-state index contributed by atoms with van der Waals surface area (Å²) in [6.07, 6.45) is 5.96. The SMILES string of the molecule is CC(C)N1CCC[C@@]1(CCCc1ccccn1)C(=O)O. The topological polar surface area (TPSA) is 53.4 Å². The molecule has 0 aromatic carbocycles. The Morgan fingerprint density at radius 3 is 2.90 bits per heavy atom. The lowest BCUT2D eigenvalue weighted by molar-refractivity contribution is -0.151. The standard InChI is InChI=1S/C16H24N2O2/c1-13(2)18-12-6-10-16(18,15(19)20)9-5-8-14-7-3-4-11-17-14/h3-4,7,11,13H,5-6,8-10,12H2,1-2H3,(H,19,20)/t16-/m0/s1. The van der Waals surface area contributed by atoms with Gasteiger partial charge < -0.3 is 5.11 Å². The third-order valence-corrected chi connectivity index (χ3v) is 4.31. The van der Waals surface area contributed by atoms with E-state index < -0.39 is 11.5 Å².